The van der Waals surface area contributed by atoms with Crippen LogP contribution in [-0.2, 0) is 29.5 Å². The minimum Gasteiger partial charge on any atom is -0.383 e. The number of hydrogen-bond donors (Lipinski definition) is 3. The zero-order valence-corrected chi connectivity index (χ0v) is 21.9. The number of thiazole rings is 1. The zero-order valence-electron chi connectivity index (χ0n) is 20.2. The summed E-state index contributed by atoms with van der Waals surface area (Å²) in [6, 6.07) is 6.40. The molecule has 0 fully saturated rings. The second-order valence-corrected chi connectivity index (χ2v) is 10.8. The molecule has 4 aromatic rings. The van der Waals surface area contributed by atoms with E-state index in [1.807, 2.05) is 17.9 Å². The molecule has 3 N–H and O–H groups in total. The number of methoxy groups -OCH3 is 1. The summed E-state index contributed by atoms with van der Waals surface area (Å²) >= 11 is 3.36. The van der Waals surface area contributed by atoms with Gasteiger partial charge >= 0.3 is 0 Å². The number of thiophene rings is 1. The Kier molecular flexibility index (Phi) is 7.26. The van der Waals surface area contributed by atoms with Crippen molar-refractivity contribution in [2.45, 2.75) is 26.3 Å². The van der Waals surface area contributed by atoms with Crippen LogP contribution in [0.1, 0.15) is 22.6 Å². The van der Waals surface area contributed by atoms with E-state index in [1.165, 1.54) is 10.4 Å². The SMILES string of the molecule is COCCNCCC(=O)Nc1sc2c(c1-c1nc3ccc(-c4cnn(C)c4C)cc3s1)CCNC2. The average Bonchev–Trinajstić information content (AvgIpc) is 3.53. The molecule has 0 saturated heterocycles. The van der Waals surface area contributed by atoms with Crippen molar-refractivity contribution >= 4 is 43.8 Å². The quantitative estimate of drug-likeness (QED) is 0.295. The molecule has 0 spiro atoms. The van der Waals surface area contributed by atoms with Crippen molar-refractivity contribution in [1.29, 1.82) is 0 Å². The van der Waals surface area contributed by atoms with Gasteiger partial charge in [-0.2, -0.15) is 5.10 Å². The Morgan fingerprint density at radius 2 is 2.17 bits per heavy atom. The first kappa shape index (κ1) is 24.1. The number of anilines is 1. The van der Waals surface area contributed by atoms with Crippen molar-refractivity contribution in [1.82, 2.24) is 25.4 Å². The maximum atomic E-state index is 12.7. The van der Waals surface area contributed by atoms with Crippen LogP contribution in [0.2, 0.25) is 0 Å². The summed E-state index contributed by atoms with van der Waals surface area (Å²) in [5.41, 5.74) is 6.79. The number of benzene rings is 1. The number of amides is 1. The lowest BCUT2D eigenvalue weighted by Gasteiger charge is -2.13. The van der Waals surface area contributed by atoms with Gasteiger partial charge < -0.3 is 20.7 Å². The summed E-state index contributed by atoms with van der Waals surface area (Å²) < 4.78 is 8.07. The Balaban J connectivity index is 1.44. The van der Waals surface area contributed by atoms with Gasteiger partial charge in [-0.15, -0.1) is 22.7 Å². The van der Waals surface area contributed by atoms with Crippen molar-refractivity contribution in [3.05, 3.63) is 40.5 Å². The molecule has 4 heterocycles. The van der Waals surface area contributed by atoms with Crippen LogP contribution >= 0.6 is 22.7 Å². The van der Waals surface area contributed by atoms with Gasteiger partial charge in [0.05, 0.1) is 23.0 Å². The first-order chi connectivity index (χ1) is 17.0. The van der Waals surface area contributed by atoms with E-state index in [2.05, 4.69) is 46.2 Å². The van der Waals surface area contributed by atoms with Crippen LogP contribution in [0.4, 0.5) is 5.00 Å². The molecule has 10 heteroatoms. The summed E-state index contributed by atoms with van der Waals surface area (Å²) in [5.74, 6) is 0.0122. The highest BCUT2D eigenvalue weighted by atomic mass is 32.1. The standard InChI is InChI=1S/C25H30N6O2S2/c1-15-18(13-28-31(15)2)16-4-5-19-20(12-16)34-24(29-19)23-17-6-8-27-14-21(17)35-25(23)30-22(32)7-9-26-10-11-33-3/h4-5,12-13,26-27H,6-11,14H2,1-3H3,(H,30,32). The molecule has 184 valence electrons. The van der Waals surface area contributed by atoms with Crippen LogP contribution < -0.4 is 16.0 Å². The van der Waals surface area contributed by atoms with Gasteiger partial charge in [-0.1, -0.05) is 6.07 Å². The largest absolute Gasteiger partial charge is 0.383 e. The van der Waals surface area contributed by atoms with Crippen molar-refractivity contribution in [3.63, 3.8) is 0 Å². The van der Waals surface area contributed by atoms with Gasteiger partial charge in [-0.3, -0.25) is 9.48 Å². The lowest BCUT2D eigenvalue weighted by molar-refractivity contribution is -0.116. The highest BCUT2D eigenvalue weighted by molar-refractivity contribution is 7.23. The minimum atomic E-state index is 0.0122. The Labute approximate surface area is 212 Å². The molecule has 1 aliphatic heterocycles. The van der Waals surface area contributed by atoms with Crippen LogP contribution in [0, 0.1) is 6.92 Å². The van der Waals surface area contributed by atoms with Crippen molar-refractivity contribution in [2.24, 2.45) is 7.05 Å². The average molecular weight is 511 g/mol. The van der Waals surface area contributed by atoms with Crippen LogP contribution in [0.5, 0.6) is 0 Å². The van der Waals surface area contributed by atoms with Crippen LogP contribution in [0.15, 0.2) is 24.4 Å². The normalized spacial score (nSPS) is 13.3. The maximum Gasteiger partial charge on any atom is 0.226 e. The predicted octanol–water partition coefficient (Wildman–Crippen LogP) is 3.94. The number of nitrogens with zero attached hydrogens (tertiary/aromatic N) is 3. The van der Waals surface area contributed by atoms with Gasteiger partial charge in [0, 0.05) is 61.9 Å². The van der Waals surface area contributed by atoms with E-state index in [9.17, 15) is 4.79 Å². The fourth-order valence-electron chi connectivity index (χ4n) is 4.32. The number of nitrogens with one attached hydrogen (secondary N) is 3. The monoisotopic (exact) mass is 510 g/mol. The second kappa shape index (κ2) is 10.5. The second-order valence-electron chi connectivity index (χ2n) is 8.64. The minimum absolute atomic E-state index is 0.0122. The van der Waals surface area contributed by atoms with Gasteiger partial charge in [-0.05, 0) is 43.1 Å². The van der Waals surface area contributed by atoms with E-state index in [1.54, 1.807) is 29.8 Å². The molecule has 0 bridgehead atoms. The summed E-state index contributed by atoms with van der Waals surface area (Å²) in [6.45, 7) is 5.84. The molecule has 35 heavy (non-hydrogen) atoms. The fourth-order valence-corrected chi connectivity index (χ4v) is 6.70. The van der Waals surface area contributed by atoms with E-state index in [-0.39, 0.29) is 5.91 Å². The molecule has 1 aromatic carbocycles. The third kappa shape index (κ3) is 5.03. The Morgan fingerprint density at radius 1 is 1.29 bits per heavy atom. The molecule has 8 nitrogen and oxygen atoms in total. The van der Waals surface area contributed by atoms with Crippen LogP contribution in [-0.4, -0.2) is 54.0 Å². The van der Waals surface area contributed by atoms with Gasteiger partial charge in [0.15, 0.2) is 0 Å². The highest BCUT2D eigenvalue weighted by Gasteiger charge is 2.25. The summed E-state index contributed by atoms with van der Waals surface area (Å²) in [6.07, 6.45) is 3.27. The van der Waals surface area contributed by atoms with Crippen LogP contribution in [0.25, 0.3) is 31.9 Å². The number of carbonyl (C=O) groups excluding carboxylic acids is 1. The molecule has 1 amide bonds. The lowest BCUT2D eigenvalue weighted by atomic mass is 10.0. The molecule has 5 rings (SSSR count). The number of ether oxygens (including phenoxy) is 1. The van der Waals surface area contributed by atoms with Gasteiger partial charge in [0.25, 0.3) is 0 Å². The molecule has 0 unspecified atom stereocenters. The van der Waals surface area contributed by atoms with E-state index in [4.69, 9.17) is 9.72 Å². The summed E-state index contributed by atoms with van der Waals surface area (Å²) in [4.78, 5) is 19.0. The third-order valence-electron chi connectivity index (χ3n) is 6.34. The van der Waals surface area contributed by atoms with Crippen LogP contribution in [0.3, 0.4) is 0 Å². The molecule has 0 atom stereocenters. The molecular formula is C25H30N6O2S2. The first-order valence-corrected chi connectivity index (χ1v) is 13.4. The highest BCUT2D eigenvalue weighted by Crippen LogP contribution is 2.45. The number of fused-ring (bicyclic) bond motifs is 2. The summed E-state index contributed by atoms with van der Waals surface area (Å²) in [5, 5.41) is 16.1. The van der Waals surface area contributed by atoms with E-state index >= 15 is 0 Å². The lowest BCUT2D eigenvalue weighted by Crippen LogP contribution is -2.24. The zero-order chi connectivity index (χ0) is 24.4. The van der Waals surface area contributed by atoms with Gasteiger partial charge in [-0.25, -0.2) is 4.98 Å². The maximum absolute atomic E-state index is 12.7. The fraction of sp³-hybridized carbons (Fsp3) is 0.400. The molecule has 0 aliphatic carbocycles. The first-order valence-electron chi connectivity index (χ1n) is 11.8. The molecule has 3 aromatic heterocycles. The number of aromatic nitrogens is 3. The third-order valence-corrected chi connectivity index (χ3v) is 8.52. The Bertz CT molecular complexity index is 1360. The number of aryl methyl sites for hydroxylation is 1. The number of carbonyl (C=O) groups is 1. The van der Waals surface area contributed by atoms with Gasteiger partial charge in [0.1, 0.15) is 10.0 Å². The molecular weight excluding hydrogens is 480 g/mol. The smallest absolute Gasteiger partial charge is 0.226 e. The number of rotatable bonds is 9. The molecule has 0 saturated carbocycles. The van der Waals surface area contributed by atoms with Crippen molar-refractivity contribution < 1.29 is 9.53 Å². The van der Waals surface area contributed by atoms with E-state index in [0.29, 0.717) is 19.6 Å². The Hall–Kier alpha value is -2.63. The van der Waals surface area contributed by atoms with Crippen molar-refractivity contribution in [3.8, 4) is 21.7 Å². The topological polar surface area (TPSA) is 93.1 Å². The van der Waals surface area contributed by atoms with Crippen molar-refractivity contribution in [2.75, 3.05) is 38.7 Å². The number of hydrogen-bond acceptors (Lipinski definition) is 8. The van der Waals surface area contributed by atoms with E-state index < -0.39 is 0 Å². The molecule has 0 radical (unpaired) electrons. The summed E-state index contributed by atoms with van der Waals surface area (Å²) in [7, 11) is 3.63. The Morgan fingerprint density at radius 3 is 2.97 bits per heavy atom. The molecule has 1 aliphatic rings. The predicted molar refractivity (Wildman–Crippen MR) is 143 cm³/mol. The van der Waals surface area contributed by atoms with Gasteiger partial charge in [0.2, 0.25) is 5.91 Å². The van der Waals surface area contributed by atoms with E-state index in [0.717, 1.165) is 68.7 Å².